The lowest BCUT2D eigenvalue weighted by atomic mass is 10.1. The first-order valence-electron chi connectivity index (χ1n) is 7.18. The first-order chi connectivity index (χ1) is 11.7. The standard InChI is InChI=1S/C17H14ClF3N2O2/c1-9(7-12(18)10(2)19)23-15(8-14(22-23)17(24)25)11-5-3-4-6-13(20)16(11)21/h3-4,6-8H,5H2,1-2H3,(H,24,25)/b9-7+,12-10-. The average molecular weight is 371 g/mol. The van der Waals surface area contributed by atoms with Crippen LogP contribution in [0.1, 0.15) is 36.5 Å². The maximum atomic E-state index is 14.3. The van der Waals surface area contributed by atoms with Crippen molar-refractivity contribution in [3.05, 3.63) is 64.3 Å². The van der Waals surface area contributed by atoms with Crippen LogP contribution in [0, 0.1) is 0 Å². The van der Waals surface area contributed by atoms with Crippen LogP contribution >= 0.6 is 11.6 Å². The van der Waals surface area contributed by atoms with Crippen LogP contribution in [0.4, 0.5) is 13.2 Å². The third-order valence-corrected chi connectivity index (χ3v) is 3.78. The molecule has 1 aliphatic carbocycles. The molecular weight excluding hydrogens is 357 g/mol. The number of aromatic carboxylic acids is 1. The van der Waals surface area contributed by atoms with Crippen LogP contribution in [0.5, 0.6) is 0 Å². The summed E-state index contributed by atoms with van der Waals surface area (Å²) >= 11 is 5.75. The number of hydrogen-bond acceptors (Lipinski definition) is 2. The van der Waals surface area contributed by atoms with Gasteiger partial charge in [-0.3, -0.25) is 0 Å². The Hall–Kier alpha value is -2.54. The lowest BCUT2D eigenvalue weighted by Gasteiger charge is -2.10. The van der Waals surface area contributed by atoms with Crippen molar-refractivity contribution in [3.8, 4) is 0 Å². The molecule has 8 heteroatoms. The Balaban J connectivity index is 2.68. The van der Waals surface area contributed by atoms with E-state index in [1.165, 1.54) is 25.2 Å². The molecule has 0 amide bonds. The highest BCUT2D eigenvalue weighted by Crippen LogP contribution is 2.33. The predicted octanol–water partition coefficient (Wildman–Crippen LogP) is 5.38. The summed E-state index contributed by atoms with van der Waals surface area (Å²) in [4.78, 5) is 11.2. The summed E-state index contributed by atoms with van der Waals surface area (Å²) in [5.74, 6) is -4.17. The summed E-state index contributed by atoms with van der Waals surface area (Å²) < 4.78 is 42.3. The molecule has 0 bridgehead atoms. The van der Waals surface area contributed by atoms with Crippen molar-refractivity contribution in [2.45, 2.75) is 20.3 Å². The van der Waals surface area contributed by atoms with Crippen molar-refractivity contribution in [1.82, 2.24) is 9.78 Å². The molecule has 0 radical (unpaired) electrons. The van der Waals surface area contributed by atoms with E-state index in [4.69, 9.17) is 16.7 Å². The molecule has 0 atom stereocenters. The van der Waals surface area contributed by atoms with Gasteiger partial charge in [0.05, 0.1) is 10.7 Å². The summed E-state index contributed by atoms with van der Waals surface area (Å²) in [6.07, 6.45) is 5.10. The largest absolute Gasteiger partial charge is 0.476 e. The van der Waals surface area contributed by atoms with E-state index < -0.39 is 23.4 Å². The molecular formula is C17H14ClF3N2O2. The highest BCUT2D eigenvalue weighted by molar-refractivity contribution is 6.31. The quantitative estimate of drug-likeness (QED) is 0.724. The molecule has 0 saturated carbocycles. The molecule has 0 unspecified atom stereocenters. The molecule has 4 nitrogen and oxygen atoms in total. The van der Waals surface area contributed by atoms with Crippen molar-refractivity contribution in [2.24, 2.45) is 0 Å². The molecule has 1 aliphatic rings. The Morgan fingerprint density at radius 3 is 2.68 bits per heavy atom. The van der Waals surface area contributed by atoms with Gasteiger partial charge in [0.2, 0.25) is 0 Å². The van der Waals surface area contributed by atoms with E-state index in [1.807, 2.05) is 0 Å². The second kappa shape index (κ2) is 7.57. The Labute approximate surface area is 146 Å². The van der Waals surface area contributed by atoms with Gasteiger partial charge in [-0.15, -0.1) is 0 Å². The van der Waals surface area contributed by atoms with Crippen LogP contribution < -0.4 is 0 Å². The van der Waals surface area contributed by atoms with Crippen molar-refractivity contribution >= 4 is 28.8 Å². The molecule has 2 rings (SSSR count). The summed E-state index contributed by atoms with van der Waals surface area (Å²) in [6.45, 7) is 2.64. The molecule has 132 valence electrons. The first-order valence-corrected chi connectivity index (χ1v) is 7.55. The zero-order chi connectivity index (χ0) is 18.7. The van der Waals surface area contributed by atoms with Gasteiger partial charge in [0.15, 0.2) is 17.3 Å². The lowest BCUT2D eigenvalue weighted by molar-refractivity contribution is 0.0690. The van der Waals surface area contributed by atoms with Gasteiger partial charge in [-0.2, -0.15) is 5.10 Å². The first kappa shape index (κ1) is 18.8. The molecule has 1 N–H and O–H groups in total. The second-order valence-corrected chi connectivity index (χ2v) is 5.65. The molecule has 0 aromatic carbocycles. The molecule has 0 aliphatic heterocycles. The smallest absolute Gasteiger partial charge is 0.356 e. The Morgan fingerprint density at radius 1 is 1.40 bits per heavy atom. The van der Waals surface area contributed by atoms with E-state index in [0.29, 0.717) is 0 Å². The zero-order valence-electron chi connectivity index (χ0n) is 13.4. The van der Waals surface area contributed by atoms with Gasteiger partial charge >= 0.3 is 5.97 Å². The van der Waals surface area contributed by atoms with Gasteiger partial charge in [0, 0.05) is 11.3 Å². The van der Waals surface area contributed by atoms with Crippen LogP contribution in [0.2, 0.25) is 0 Å². The van der Waals surface area contributed by atoms with Crippen LogP contribution in [0.25, 0.3) is 11.3 Å². The number of hydrogen-bond donors (Lipinski definition) is 1. The minimum absolute atomic E-state index is 0.0273. The summed E-state index contributed by atoms with van der Waals surface area (Å²) in [5.41, 5.74) is -0.160. The van der Waals surface area contributed by atoms with Gasteiger partial charge in [-0.25, -0.2) is 22.6 Å². The number of nitrogens with zero attached hydrogens (tertiary/aromatic N) is 2. The topological polar surface area (TPSA) is 55.1 Å². The van der Waals surface area contributed by atoms with E-state index in [0.717, 1.165) is 23.7 Å². The lowest BCUT2D eigenvalue weighted by Crippen LogP contribution is -2.04. The second-order valence-electron chi connectivity index (χ2n) is 5.24. The molecule has 1 aromatic rings. The number of carbonyl (C=O) groups is 1. The average Bonchev–Trinajstić information content (AvgIpc) is 2.92. The SMILES string of the molecule is C/C(F)=C(Cl)\C=C(/C)n1nc(C(=O)O)cc1C1=C(F)C(F)=CC=CC1. The maximum absolute atomic E-state index is 14.3. The molecule has 0 fully saturated rings. The van der Waals surface area contributed by atoms with Crippen molar-refractivity contribution in [3.63, 3.8) is 0 Å². The van der Waals surface area contributed by atoms with Crippen molar-refractivity contribution in [2.75, 3.05) is 0 Å². The number of aromatic nitrogens is 2. The highest BCUT2D eigenvalue weighted by Gasteiger charge is 2.22. The van der Waals surface area contributed by atoms with Gasteiger partial charge in [-0.1, -0.05) is 23.8 Å². The summed E-state index contributed by atoms with van der Waals surface area (Å²) in [5, 5.41) is 12.8. The van der Waals surface area contributed by atoms with Crippen LogP contribution in [-0.2, 0) is 0 Å². The molecule has 1 aromatic heterocycles. The summed E-state index contributed by atoms with van der Waals surface area (Å²) in [7, 11) is 0. The van der Waals surface area contributed by atoms with Crippen LogP contribution in [0.15, 0.2) is 52.9 Å². The number of allylic oxidation sites excluding steroid dienone is 10. The minimum atomic E-state index is -1.34. The maximum Gasteiger partial charge on any atom is 0.356 e. The monoisotopic (exact) mass is 370 g/mol. The predicted molar refractivity (Wildman–Crippen MR) is 89.8 cm³/mol. The van der Waals surface area contributed by atoms with Gasteiger partial charge < -0.3 is 5.11 Å². The fourth-order valence-electron chi connectivity index (χ4n) is 2.18. The summed E-state index contributed by atoms with van der Waals surface area (Å²) in [6, 6.07) is 1.13. The van der Waals surface area contributed by atoms with E-state index in [9.17, 15) is 18.0 Å². The number of carboxylic acid groups (broad SMARTS) is 1. The van der Waals surface area contributed by atoms with Crippen molar-refractivity contribution in [1.29, 1.82) is 0 Å². The third-order valence-electron chi connectivity index (χ3n) is 3.41. The Bertz CT molecular complexity index is 872. The van der Waals surface area contributed by atoms with Gasteiger partial charge in [0.25, 0.3) is 0 Å². The van der Waals surface area contributed by atoms with Crippen LogP contribution in [-0.4, -0.2) is 20.9 Å². The van der Waals surface area contributed by atoms with E-state index in [2.05, 4.69) is 5.10 Å². The fraction of sp³-hybridized carbons (Fsp3) is 0.176. The highest BCUT2D eigenvalue weighted by atomic mass is 35.5. The zero-order valence-corrected chi connectivity index (χ0v) is 14.1. The number of halogens is 4. The van der Waals surface area contributed by atoms with E-state index in [-0.39, 0.29) is 34.1 Å². The minimum Gasteiger partial charge on any atom is -0.476 e. The number of rotatable bonds is 4. The fourth-order valence-corrected chi connectivity index (χ4v) is 2.33. The van der Waals surface area contributed by atoms with Crippen molar-refractivity contribution < 1.29 is 23.1 Å². The van der Waals surface area contributed by atoms with Crippen LogP contribution in [0.3, 0.4) is 0 Å². The van der Waals surface area contributed by atoms with Gasteiger partial charge in [0.1, 0.15) is 5.83 Å². The molecule has 25 heavy (non-hydrogen) atoms. The van der Waals surface area contributed by atoms with Gasteiger partial charge in [-0.05, 0) is 38.5 Å². The normalized spacial score (nSPS) is 16.6. The molecule has 0 saturated heterocycles. The number of carboxylic acids is 1. The molecule has 1 heterocycles. The van der Waals surface area contributed by atoms with E-state index in [1.54, 1.807) is 0 Å². The Morgan fingerprint density at radius 2 is 2.08 bits per heavy atom. The van der Waals surface area contributed by atoms with E-state index >= 15 is 0 Å². The third kappa shape index (κ3) is 4.11. The molecule has 0 spiro atoms. The Kier molecular flexibility index (Phi) is 5.69.